The van der Waals surface area contributed by atoms with E-state index in [4.69, 9.17) is 13.7 Å². The molecule has 84 valence electrons. The average molecular weight is 210 g/mol. The van der Waals surface area contributed by atoms with Gasteiger partial charge in [0, 0.05) is 12.2 Å². The maximum Gasteiger partial charge on any atom is 0.532 e. The van der Waals surface area contributed by atoms with Gasteiger partial charge in [0.1, 0.15) is 5.66 Å². The van der Waals surface area contributed by atoms with Crippen LogP contribution in [0.25, 0.3) is 0 Å². The minimum Gasteiger partial charge on any atom is -0.470 e. The minimum absolute atomic E-state index is 0.110. The lowest BCUT2D eigenvalue weighted by Crippen LogP contribution is -2.40. The molecule has 0 radical (unpaired) electrons. The average Bonchev–Trinajstić information content (AvgIpc) is 2.48. The van der Waals surface area contributed by atoms with E-state index in [9.17, 15) is 0 Å². The molecule has 1 aromatic heterocycles. The van der Waals surface area contributed by atoms with E-state index >= 15 is 0 Å². The number of furan rings is 1. The first-order valence-electron chi connectivity index (χ1n) is 5.36. The zero-order valence-corrected chi connectivity index (χ0v) is 10.1. The van der Waals surface area contributed by atoms with Crippen molar-refractivity contribution in [3.05, 3.63) is 17.9 Å². The second-order valence-electron chi connectivity index (χ2n) is 4.15. The van der Waals surface area contributed by atoms with E-state index in [-0.39, 0.29) is 12.2 Å². The molecule has 0 spiro atoms. The van der Waals surface area contributed by atoms with Crippen LogP contribution in [0.3, 0.4) is 0 Å². The van der Waals surface area contributed by atoms with Crippen LogP contribution in [0.4, 0.5) is 0 Å². The summed E-state index contributed by atoms with van der Waals surface area (Å²) in [4.78, 5) is 0. The van der Waals surface area contributed by atoms with Crippen molar-refractivity contribution in [1.82, 2.24) is 0 Å². The maximum absolute atomic E-state index is 5.64. The molecule has 0 unspecified atom stereocenters. The summed E-state index contributed by atoms with van der Waals surface area (Å²) >= 11 is 0. The fourth-order valence-corrected chi connectivity index (χ4v) is 1.24. The van der Waals surface area contributed by atoms with Gasteiger partial charge in [-0.2, -0.15) is 0 Å². The van der Waals surface area contributed by atoms with Gasteiger partial charge in [-0.15, -0.1) is 0 Å². The fourth-order valence-electron chi connectivity index (χ4n) is 1.24. The topological polar surface area (TPSA) is 31.6 Å². The fraction of sp³-hybridized carbons (Fsp3) is 0.636. The van der Waals surface area contributed by atoms with E-state index in [1.54, 1.807) is 0 Å². The first-order valence-corrected chi connectivity index (χ1v) is 5.36. The summed E-state index contributed by atoms with van der Waals surface area (Å²) < 4.78 is 16.8. The van der Waals surface area contributed by atoms with Crippen molar-refractivity contribution in [3.8, 4) is 0 Å². The molecule has 1 rings (SSSR count). The lowest BCUT2D eigenvalue weighted by atomic mass is 9.85. The quantitative estimate of drug-likeness (QED) is 0.697. The van der Waals surface area contributed by atoms with Gasteiger partial charge in [-0.05, 0) is 46.8 Å². The maximum atomic E-state index is 5.64. The molecular weight excluding hydrogens is 191 g/mol. The Labute approximate surface area is 91.9 Å². The van der Waals surface area contributed by atoms with E-state index in [0.29, 0.717) is 0 Å². The van der Waals surface area contributed by atoms with Crippen LogP contribution in [0.2, 0.25) is 0 Å². The van der Waals surface area contributed by atoms with E-state index in [1.165, 1.54) is 0 Å². The molecule has 3 nitrogen and oxygen atoms in total. The van der Waals surface area contributed by atoms with Crippen molar-refractivity contribution >= 4 is 12.8 Å². The molecule has 0 saturated heterocycles. The number of hydrogen-bond acceptors (Lipinski definition) is 3. The Bertz CT molecular complexity index is 284. The predicted molar refractivity (Wildman–Crippen MR) is 61.3 cm³/mol. The highest BCUT2D eigenvalue weighted by Crippen LogP contribution is 2.04. The Hall–Kier alpha value is -0.735. The van der Waals surface area contributed by atoms with Gasteiger partial charge < -0.3 is 13.7 Å². The Kier molecular flexibility index (Phi) is 4.42. The molecular formula is C11H19BO3. The van der Waals surface area contributed by atoms with Crippen LogP contribution in [-0.2, 0) is 9.31 Å². The molecule has 0 amide bonds. The van der Waals surface area contributed by atoms with Gasteiger partial charge in [0.2, 0.25) is 0 Å². The van der Waals surface area contributed by atoms with E-state index < -0.39 is 7.12 Å². The molecule has 0 saturated carbocycles. The Balaban J connectivity index is 2.71. The summed E-state index contributed by atoms with van der Waals surface area (Å²) in [5.41, 5.74) is 0.731. The molecule has 0 aliphatic carbocycles. The summed E-state index contributed by atoms with van der Waals surface area (Å²) in [6.45, 7) is 9.82. The summed E-state index contributed by atoms with van der Waals surface area (Å²) in [6.07, 6.45) is 0.221. The van der Waals surface area contributed by atoms with Gasteiger partial charge in [-0.25, -0.2) is 0 Å². The van der Waals surface area contributed by atoms with Crippen LogP contribution < -0.4 is 5.66 Å². The van der Waals surface area contributed by atoms with Crippen molar-refractivity contribution in [2.24, 2.45) is 0 Å². The van der Waals surface area contributed by atoms with Gasteiger partial charge in [0.05, 0.1) is 5.76 Å². The monoisotopic (exact) mass is 210 g/mol. The standard InChI is InChI=1S/C11H19BO3/c1-8(2)14-12(15-9(3)4)11-7-6-10(5)13-11/h6-9H,1-5H3. The van der Waals surface area contributed by atoms with Crippen LogP contribution in [0.15, 0.2) is 16.5 Å². The largest absolute Gasteiger partial charge is 0.532 e. The molecule has 0 aliphatic heterocycles. The summed E-state index contributed by atoms with van der Waals surface area (Å²) in [5, 5.41) is 0. The second-order valence-corrected chi connectivity index (χ2v) is 4.15. The van der Waals surface area contributed by atoms with E-state index in [1.807, 2.05) is 46.8 Å². The molecule has 0 aromatic carbocycles. The Morgan fingerprint density at radius 1 is 1.07 bits per heavy atom. The van der Waals surface area contributed by atoms with E-state index in [0.717, 1.165) is 11.4 Å². The van der Waals surface area contributed by atoms with Crippen LogP contribution in [0.5, 0.6) is 0 Å². The van der Waals surface area contributed by atoms with Gasteiger partial charge >= 0.3 is 7.12 Å². The third-order valence-corrected chi connectivity index (χ3v) is 1.78. The smallest absolute Gasteiger partial charge is 0.470 e. The zero-order valence-electron chi connectivity index (χ0n) is 10.1. The summed E-state index contributed by atoms with van der Waals surface area (Å²) in [6, 6.07) is 3.81. The molecule has 0 aliphatic rings. The normalized spacial score (nSPS) is 11.4. The molecule has 0 atom stereocenters. The van der Waals surface area contributed by atoms with Crippen LogP contribution in [0, 0.1) is 6.92 Å². The molecule has 4 heteroatoms. The molecule has 0 bridgehead atoms. The van der Waals surface area contributed by atoms with E-state index in [2.05, 4.69) is 0 Å². The van der Waals surface area contributed by atoms with Gasteiger partial charge in [0.25, 0.3) is 0 Å². The van der Waals surface area contributed by atoms with Crippen LogP contribution >= 0.6 is 0 Å². The lowest BCUT2D eigenvalue weighted by Gasteiger charge is -2.17. The third-order valence-electron chi connectivity index (χ3n) is 1.78. The summed E-state index contributed by atoms with van der Waals surface area (Å²) in [5.74, 6) is 0.870. The van der Waals surface area contributed by atoms with Crippen molar-refractivity contribution in [2.75, 3.05) is 0 Å². The highest BCUT2D eigenvalue weighted by atomic mass is 16.6. The molecule has 1 aromatic rings. The SMILES string of the molecule is Cc1ccc(B(OC(C)C)OC(C)C)o1. The van der Waals surface area contributed by atoms with Crippen molar-refractivity contribution in [3.63, 3.8) is 0 Å². The highest BCUT2D eigenvalue weighted by molar-refractivity contribution is 6.59. The number of aryl methyl sites for hydroxylation is 1. The lowest BCUT2D eigenvalue weighted by molar-refractivity contribution is 0.135. The van der Waals surface area contributed by atoms with Crippen LogP contribution in [0.1, 0.15) is 33.5 Å². The molecule has 1 heterocycles. The molecule has 0 fully saturated rings. The second kappa shape index (κ2) is 5.38. The minimum atomic E-state index is -0.404. The Morgan fingerprint density at radius 2 is 1.60 bits per heavy atom. The van der Waals surface area contributed by atoms with Gasteiger partial charge in [0.15, 0.2) is 0 Å². The third kappa shape index (κ3) is 4.10. The number of hydrogen-bond donors (Lipinski definition) is 0. The van der Waals surface area contributed by atoms with Crippen molar-refractivity contribution in [1.29, 1.82) is 0 Å². The number of rotatable bonds is 5. The van der Waals surface area contributed by atoms with Crippen LogP contribution in [-0.4, -0.2) is 19.3 Å². The first kappa shape index (κ1) is 12.3. The summed E-state index contributed by atoms with van der Waals surface area (Å²) in [7, 11) is -0.404. The van der Waals surface area contributed by atoms with Gasteiger partial charge in [-0.1, -0.05) is 0 Å². The molecule has 0 N–H and O–H groups in total. The highest BCUT2D eigenvalue weighted by Gasteiger charge is 2.27. The Morgan fingerprint density at radius 3 is 1.93 bits per heavy atom. The zero-order chi connectivity index (χ0) is 11.4. The van der Waals surface area contributed by atoms with Crippen molar-refractivity contribution in [2.45, 2.75) is 46.8 Å². The van der Waals surface area contributed by atoms with Crippen molar-refractivity contribution < 1.29 is 13.7 Å². The predicted octanol–water partition coefficient (Wildman–Crippen LogP) is 2.13. The van der Waals surface area contributed by atoms with Gasteiger partial charge in [-0.3, -0.25) is 0 Å². The first-order chi connectivity index (χ1) is 6.99. The molecule has 15 heavy (non-hydrogen) atoms.